The van der Waals surface area contributed by atoms with Crippen molar-refractivity contribution in [2.45, 2.75) is 26.2 Å². The molecule has 19 heavy (non-hydrogen) atoms. The number of aromatic nitrogens is 1. The molecule has 0 radical (unpaired) electrons. The molecule has 1 aromatic heterocycles. The van der Waals surface area contributed by atoms with Gasteiger partial charge < -0.3 is 5.32 Å². The second-order valence-corrected chi connectivity index (χ2v) is 4.43. The maximum atomic E-state index is 12.1. The topological polar surface area (TPSA) is 42.0 Å². The number of pyridine rings is 1. The fraction of sp³-hybridized carbons (Fsp3) is 0.250. The van der Waals surface area contributed by atoms with E-state index in [0.717, 1.165) is 24.9 Å². The molecule has 0 aliphatic rings. The van der Waals surface area contributed by atoms with Crippen molar-refractivity contribution in [3.8, 4) is 0 Å². The van der Waals surface area contributed by atoms with Crippen molar-refractivity contribution >= 4 is 11.6 Å². The number of aryl methyl sites for hydroxylation is 1. The Morgan fingerprint density at radius 2 is 1.95 bits per heavy atom. The van der Waals surface area contributed by atoms with E-state index >= 15 is 0 Å². The van der Waals surface area contributed by atoms with Crippen LogP contribution in [-0.2, 0) is 6.42 Å². The molecule has 0 spiro atoms. The van der Waals surface area contributed by atoms with Crippen molar-refractivity contribution in [1.29, 1.82) is 0 Å². The number of carbonyl (C=O) groups excluding carboxylic acids is 1. The van der Waals surface area contributed by atoms with E-state index in [1.807, 2.05) is 24.3 Å². The van der Waals surface area contributed by atoms with Gasteiger partial charge in [0.1, 0.15) is 5.69 Å². The van der Waals surface area contributed by atoms with E-state index in [-0.39, 0.29) is 5.91 Å². The minimum atomic E-state index is -0.162. The highest BCUT2D eigenvalue weighted by atomic mass is 16.1. The molecule has 3 nitrogen and oxygen atoms in total. The lowest BCUT2D eigenvalue weighted by Gasteiger charge is -2.10. The predicted octanol–water partition coefficient (Wildman–Crippen LogP) is 3.68. The first-order valence-electron chi connectivity index (χ1n) is 6.61. The number of amides is 1. The van der Waals surface area contributed by atoms with Crippen molar-refractivity contribution in [1.82, 2.24) is 4.98 Å². The number of unbranched alkanes of at least 4 members (excludes halogenated alkanes) is 1. The molecule has 2 rings (SSSR count). The second kappa shape index (κ2) is 6.69. The smallest absolute Gasteiger partial charge is 0.274 e. The SMILES string of the molecule is CCCCc1ccccc1NC(=O)c1ccccn1. The first-order chi connectivity index (χ1) is 9.31. The number of rotatable bonds is 5. The van der Waals surface area contributed by atoms with Gasteiger partial charge in [0.25, 0.3) is 5.91 Å². The van der Waals surface area contributed by atoms with Crippen molar-refractivity contribution in [3.05, 3.63) is 59.9 Å². The summed E-state index contributed by atoms with van der Waals surface area (Å²) >= 11 is 0. The molecule has 98 valence electrons. The number of benzene rings is 1. The van der Waals surface area contributed by atoms with Crippen LogP contribution in [0.4, 0.5) is 5.69 Å². The zero-order chi connectivity index (χ0) is 13.5. The van der Waals surface area contributed by atoms with Gasteiger partial charge >= 0.3 is 0 Å². The predicted molar refractivity (Wildman–Crippen MR) is 77.2 cm³/mol. The third kappa shape index (κ3) is 3.65. The lowest BCUT2D eigenvalue weighted by Crippen LogP contribution is -2.14. The van der Waals surface area contributed by atoms with E-state index in [2.05, 4.69) is 23.3 Å². The maximum absolute atomic E-state index is 12.1. The van der Waals surface area contributed by atoms with Gasteiger partial charge in [0.15, 0.2) is 0 Å². The number of nitrogens with one attached hydrogen (secondary N) is 1. The highest BCUT2D eigenvalue weighted by molar-refractivity contribution is 6.03. The molecule has 0 aliphatic carbocycles. The fourth-order valence-electron chi connectivity index (χ4n) is 1.91. The Balaban J connectivity index is 2.12. The van der Waals surface area contributed by atoms with Crippen LogP contribution < -0.4 is 5.32 Å². The zero-order valence-corrected chi connectivity index (χ0v) is 11.1. The van der Waals surface area contributed by atoms with E-state index in [1.54, 1.807) is 18.3 Å². The van der Waals surface area contributed by atoms with Gasteiger partial charge in [0, 0.05) is 11.9 Å². The summed E-state index contributed by atoms with van der Waals surface area (Å²) < 4.78 is 0. The average molecular weight is 254 g/mol. The van der Waals surface area contributed by atoms with Crippen LogP contribution in [0.1, 0.15) is 35.8 Å². The van der Waals surface area contributed by atoms with Crippen molar-refractivity contribution in [2.75, 3.05) is 5.32 Å². The average Bonchev–Trinajstić information content (AvgIpc) is 2.47. The van der Waals surface area contributed by atoms with Crippen LogP contribution >= 0.6 is 0 Å². The Labute approximate surface area is 113 Å². The van der Waals surface area contributed by atoms with E-state index < -0.39 is 0 Å². The van der Waals surface area contributed by atoms with E-state index in [9.17, 15) is 4.79 Å². The van der Waals surface area contributed by atoms with Gasteiger partial charge in [0.2, 0.25) is 0 Å². The first-order valence-corrected chi connectivity index (χ1v) is 6.61. The molecule has 2 aromatic rings. The van der Waals surface area contributed by atoms with E-state index in [0.29, 0.717) is 5.69 Å². The largest absolute Gasteiger partial charge is 0.320 e. The quantitative estimate of drug-likeness (QED) is 0.884. The molecule has 3 heteroatoms. The number of carbonyl (C=O) groups is 1. The molecule has 0 saturated heterocycles. The lowest BCUT2D eigenvalue weighted by molar-refractivity contribution is 0.102. The first kappa shape index (κ1) is 13.3. The molecule has 0 fully saturated rings. The summed E-state index contributed by atoms with van der Waals surface area (Å²) in [4.78, 5) is 16.1. The number of para-hydroxylation sites is 1. The Kier molecular flexibility index (Phi) is 4.67. The molecule has 0 atom stereocenters. The van der Waals surface area contributed by atoms with E-state index in [4.69, 9.17) is 0 Å². The second-order valence-electron chi connectivity index (χ2n) is 4.43. The standard InChI is InChI=1S/C16H18N2O/c1-2-3-8-13-9-4-5-10-14(13)18-16(19)15-11-6-7-12-17-15/h4-7,9-12H,2-3,8H2,1H3,(H,18,19). The molecule has 1 amide bonds. The molecular formula is C16H18N2O. The normalized spacial score (nSPS) is 10.2. The lowest BCUT2D eigenvalue weighted by atomic mass is 10.1. The van der Waals surface area contributed by atoms with Crippen molar-refractivity contribution < 1.29 is 4.79 Å². The highest BCUT2D eigenvalue weighted by Gasteiger charge is 2.09. The molecule has 0 aliphatic heterocycles. The molecule has 1 heterocycles. The van der Waals surface area contributed by atoms with Gasteiger partial charge in [-0.05, 0) is 36.6 Å². The molecule has 1 N–H and O–H groups in total. The van der Waals surface area contributed by atoms with Crippen LogP contribution in [0, 0.1) is 0 Å². The van der Waals surface area contributed by atoms with Crippen molar-refractivity contribution in [3.63, 3.8) is 0 Å². The number of nitrogens with zero attached hydrogens (tertiary/aromatic N) is 1. The molecular weight excluding hydrogens is 236 g/mol. The Morgan fingerprint density at radius 3 is 2.68 bits per heavy atom. The van der Waals surface area contributed by atoms with Gasteiger partial charge in [0.05, 0.1) is 0 Å². The Morgan fingerprint density at radius 1 is 1.16 bits per heavy atom. The van der Waals surface area contributed by atoms with Crippen LogP contribution in [0.3, 0.4) is 0 Å². The summed E-state index contributed by atoms with van der Waals surface area (Å²) in [7, 11) is 0. The minimum Gasteiger partial charge on any atom is -0.320 e. The number of hydrogen-bond acceptors (Lipinski definition) is 2. The maximum Gasteiger partial charge on any atom is 0.274 e. The molecule has 0 saturated carbocycles. The van der Waals surface area contributed by atoms with Gasteiger partial charge in [-0.25, -0.2) is 0 Å². The summed E-state index contributed by atoms with van der Waals surface area (Å²) in [6, 6.07) is 13.3. The van der Waals surface area contributed by atoms with Gasteiger partial charge in [-0.3, -0.25) is 9.78 Å². The summed E-state index contributed by atoms with van der Waals surface area (Å²) in [5.41, 5.74) is 2.49. The molecule has 0 bridgehead atoms. The number of anilines is 1. The summed E-state index contributed by atoms with van der Waals surface area (Å²) in [6.45, 7) is 2.16. The third-order valence-electron chi connectivity index (χ3n) is 2.96. The monoisotopic (exact) mass is 254 g/mol. The molecule has 1 aromatic carbocycles. The third-order valence-corrected chi connectivity index (χ3v) is 2.96. The summed E-state index contributed by atoms with van der Waals surface area (Å²) in [5, 5.41) is 2.93. The van der Waals surface area contributed by atoms with Gasteiger partial charge in [-0.1, -0.05) is 37.6 Å². The minimum absolute atomic E-state index is 0.162. The van der Waals surface area contributed by atoms with Crippen molar-refractivity contribution in [2.24, 2.45) is 0 Å². The number of hydrogen-bond donors (Lipinski definition) is 1. The Bertz CT molecular complexity index is 537. The van der Waals surface area contributed by atoms with E-state index in [1.165, 1.54) is 5.56 Å². The highest BCUT2D eigenvalue weighted by Crippen LogP contribution is 2.18. The van der Waals surface area contributed by atoms with Gasteiger partial charge in [-0.2, -0.15) is 0 Å². The van der Waals surface area contributed by atoms with Crippen LogP contribution in [0.15, 0.2) is 48.7 Å². The van der Waals surface area contributed by atoms with Crippen LogP contribution in [0.25, 0.3) is 0 Å². The fourth-order valence-corrected chi connectivity index (χ4v) is 1.91. The van der Waals surface area contributed by atoms with Crippen LogP contribution in [0.5, 0.6) is 0 Å². The van der Waals surface area contributed by atoms with Gasteiger partial charge in [-0.15, -0.1) is 0 Å². The van der Waals surface area contributed by atoms with Crippen LogP contribution in [-0.4, -0.2) is 10.9 Å². The molecule has 0 unspecified atom stereocenters. The zero-order valence-electron chi connectivity index (χ0n) is 11.1. The summed E-state index contributed by atoms with van der Waals surface area (Å²) in [6.07, 6.45) is 4.87. The summed E-state index contributed by atoms with van der Waals surface area (Å²) in [5.74, 6) is -0.162. The Hall–Kier alpha value is -2.16. The van der Waals surface area contributed by atoms with Crippen LogP contribution in [0.2, 0.25) is 0 Å².